The molecule has 0 aliphatic carbocycles. The second kappa shape index (κ2) is 3.68. The number of rotatable bonds is 2. The summed E-state index contributed by atoms with van der Waals surface area (Å²) in [4.78, 5) is 10.6. The van der Waals surface area contributed by atoms with Crippen LogP contribution in [0.1, 0.15) is 37.7 Å². The molecule has 84 valence electrons. The SMILES string of the molecule is Cc1c(CC(=O)O)nn(C)c1C(C)(C)C. The third kappa shape index (κ3) is 2.37. The highest BCUT2D eigenvalue weighted by Gasteiger charge is 2.24. The lowest BCUT2D eigenvalue weighted by atomic mass is 9.88. The van der Waals surface area contributed by atoms with Gasteiger partial charge >= 0.3 is 5.97 Å². The molecular weight excluding hydrogens is 192 g/mol. The number of hydrogen-bond donors (Lipinski definition) is 1. The van der Waals surface area contributed by atoms with Gasteiger partial charge in [-0.3, -0.25) is 9.48 Å². The van der Waals surface area contributed by atoms with E-state index in [4.69, 9.17) is 5.11 Å². The molecule has 4 heteroatoms. The minimum atomic E-state index is -0.836. The maximum absolute atomic E-state index is 10.6. The van der Waals surface area contributed by atoms with Crippen molar-refractivity contribution < 1.29 is 9.90 Å². The number of hydrogen-bond acceptors (Lipinski definition) is 2. The van der Waals surface area contributed by atoms with Gasteiger partial charge in [0.25, 0.3) is 0 Å². The molecule has 1 rings (SSSR count). The molecule has 0 unspecified atom stereocenters. The van der Waals surface area contributed by atoms with Crippen LogP contribution in [0.4, 0.5) is 0 Å². The van der Waals surface area contributed by atoms with E-state index in [1.807, 2.05) is 14.0 Å². The maximum atomic E-state index is 10.6. The molecule has 0 saturated carbocycles. The fraction of sp³-hybridized carbons (Fsp3) is 0.636. The Morgan fingerprint density at radius 2 is 2.00 bits per heavy atom. The Bertz CT molecular complexity index is 386. The van der Waals surface area contributed by atoms with Gasteiger partial charge in [0.1, 0.15) is 0 Å². The average Bonchev–Trinajstić information content (AvgIpc) is 2.23. The Morgan fingerprint density at radius 3 is 2.33 bits per heavy atom. The Kier molecular flexibility index (Phi) is 2.88. The number of carbonyl (C=O) groups is 1. The van der Waals surface area contributed by atoms with Gasteiger partial charge in [0, 0.05) is 18.2 Å². The molecule has 1 aromatic rings. The summed E-state index contributed by atoms with van der Waals surface area (Å²) in [5.41, 5.74) is 2.74. The Hall–Kier alpha value is -1.32. The van der Waals surface area contributed by atoms with Gasteiger partial charge in [0.05, 0.1) is 12.1 Å². The van der Waals surface area contributed by atoms with Crippen molar-refractivity contribution in [3.63, 3.8) is 0 Å². The van der Waals surface area contributed by atoms with Gasteiger partial charge in [-0.15, -0.1) is 0 Å². The highest BCUT2D eigenvalue weighted by atomic mass is 16.4. The standard InChI is InChI=1S/C11H18N2O2/c1-7-8(6-9(14)15)12-13(5)10(7)11(2,3)4/h6H2,1-5H3,(H,14,15). The molecule has 1 heterocycles. The number of nitrogens with zero attached hydrogens (tertiary/aromatic N) is 2. The van der Waals surface area contributed by atoms with Crippen molar-refractivity contribution in [1.82, 2.24) is 9.78 Å². The first-order valence-corrected chi connectivity index (χ1v) is 4.98. The van der Waals surface area contributed by atoms with Crippen LogP contribution in [0.25, 0.3) is 0 Å². The summed E-state index contributed by atoms with van der Waals surface area (Å²) in [7, 11) is 1.86. The molecule has 0 amide bonds. The fourth-order valence-electron chi connectivity index (χ4n) is 2.04. The molecular formula is C11H18N2O2. The van der Waals surface area contributed by atoms with Crippen LogP contribution in [0.2, 0.25) is 0 Å². The lowest BCUT2D eigenvalue weighted by Gasteiger charge is -2.20. The normalized spacial score (nSPS) is 11.8. The van der Waals surface area contributed by atoms with E-state index in [0.29, 0.717) is 5.69 Å². The lowest BCUT2D eigenvalue weighted by molar-refractivity contribution is -0.136. The molecule has 0 aliphatic heterocycles. The Morgan fingerprint density at radius 1 is 1.47 bits per heavy atom. The molecule has 4 nitrogen and oxygen atoms in total. The zero-order valence-electron chi connectivity index (χ0n) is 9.96. The van der Waals surface area contributed by atoms with Crippen LogP contribution in [0.5, 0.6) is 0 Å². The van der Waals surface area contributed by atoms with Gasteiger partial charge < -0.3 is 5.11 Å². The highest BCUT2D eigenvalue weighted by molar-refractivity contribution is 5.70. The number of carboxylic acids is 1. The summed E-state index contributed by atoms with van der Waals surface area (Å²) in [5.74, 6) is -0.836. The van der Waals surface area contributed by atoms with Crippen molar-refractivity contribution in [2.45, 2.75) is 39.5 Å². The summed E-state index contributed by atoms with van der Waals surface area (Å²) < 4.78 is 1.79. The first-order valence-electron chi connectivity index (χ1n) is 4.98. The van der Waals surface area contributed by atoms with Crippen LogP contribution >= 0.6 is 0 Å². The van der Waals surface area contributed by atoms with Crippen molar-refractivity contribution >= 4 is 5.97 Å². The van der Waals surface area contributed by atoms with Crippen LogP contribution in [0.3, 0.4) is 0 Å². The first kappa shape index (κ1) is 11.8. The van der Waals surface area contributed by atoms with Crippen molar-refractivity contribution in [3.05, 3.63) is 17.0 Å². The van der Waals surface area contributed by atoms with Crippen molar-refractivity contribution in [2.75, 3.05) is 0 Å². The molecule has 0 aromatic carbocycles. The second-order valence-corrected chi connectivity index (χ2v) is 4.86. The van der Waals surface area contributed by atoms with E-state index in [1.165, 1.54) is 0 Å². The number of carboxylic acid groups (broad SMARTS) is 1. The molecule has 0 spiro atoms. The molecule has 0 radical (unpaired) electrons. The van der Waals surface area contributed by atoms with Gasteiger partial charge in [0.15, 0.2) is 0 Å². The topological polar surface area (TPSA) is 55.1 Å². The van der Waals surface area contributed by atoms with Gasteiger partial charge in [0.2, 0.25) is 0 Å². The van der Waals surface area contributed by atoms with E-state index < -0.39 is 5.97 Å². The summed E-state index contributed by atoms with van der Waals surface area (Å²) in [5, 5.41) is 13.0. The smallest absolute Gasteiger partial charge is 0.309 e. The van der Waals surface area contributed by atoms with Crippen LogP contribution in [-0.2, 0) is 23.7 Å². The van der Waals surface area contributed by atoms with Gasteiger partial charge in [-0.2, -0.15) is 5.10 Å². The van der Waals surface area contributed by atoms with Crippen LogP contribution in [0.15, 0.2) is 0 Å². The second-order valence-electron chi connectivity index (χ2n) is 4.86. The molecule has 0 bridgehead atoms. The van der Waals surface area contributed by atoms with E-state index in [-0.39, 0.29) is 11.8 Å². The van der Waals surface area contributed by atoms with E-state index >= 15 is 0 Å². The Labute approximate surface area is 89.9 Å². The van der Waals surface area contributed by atoms with E-state index in [2.05, 4.69) is 25.9 Å². The molecule has 15 heavy (non-hydrogen) atoms. The van der Waals surface area contributed by atoms with Crippen LogP contribution in [-0.4, -0.2) is 20.9 Å². The predicted octanol–water partition coefficient (Wildman–Crippen LogP) is 1.65. The Balaban J connectivity index is 3.21. The summed E-state index contributed by atoms with van der Waals surface area (Å²) >= 11 is 0. The minimum Gasteiger partial charge on any atom is -0.481 e. The van der Waals surface area contributed by atoms with Gasteiger partial charge in [-0.1, -0.05) is 20.8 Å². The zero-order chi connectivity index (χ0) is 11.8. The minimum absolute atomic E-state index is 0.00421. The summed E-state index contributed by atoms with van der Waals surface area (Å²) in [6.07, 6.45) is -0.00421. The third-order valence-electron chi connectivity index (χ3n) is 2.41. The monoisotopic (exact) mass is 210 g/mol. The van der Waals surface area contributed by atoms with E-state index in [0.717, 1.165) is 11.3 Å². The van der Waals surface area contributed by atoms with Crippen molar-refractivity contribution in [1.29, 1.82) is 0 Å². The summed E-state index contributed by atoms with van der Waals surface area (Å²) in [6.45, 7) is 8.23. The number of aryl methyl sites for hydroxylation is 1. The molecule has 0 aliphatic rings. The first-order chi connectivity index (χ1) is 6.73. The fourth-order valence-corrected chi connectivity index (χ4v) is 2.04. The highest BCUT2D eigenvalue weighted by Crippen LogP contribution is 2.27. The van der Waals surface area contributed by atoms with Gasteiger partial charge in [-0.25, -0.2) is 0 Å². The number of aromatic nitrogens is 2. The zero-order valence-corrected chi connectivity index (χ0v) is 9.96. The molecule has 0 fully saturated rings. The molecule has 1 aromatic heterocycles. The van der Waals surface area contributed by atoms with Crippen LogP contribution in [0, 0.1) is 6.92 Å². The third-order valence-corrected chi connectivity index (χ3v) is 2.41. The largest absolute Gasteiger partial charge is 0.481 e. The maximum Gasteiger partial charge on any atom is 0.309 e. The van der Waals surface area contributed by atoms with Crippen molar-refractivity contribution in [2.24, 2.45) is 7.05 Å². The van der Waals surface area contributed by atoms with Gasteiger partial charge in [-0.05, 0) is 12.5 Å². The van der Waals surface area contributed by atoms with E-state index in [9.17, 15) is 4.79 Å². The molecule has 0 saturated heterocycles. The molecule has 0 atom stereocenters. The predicted molar refractivity (Wildman–Crippen MR) is 58.0 cm³/mol. The summed E-state index contributed by atoms with van der Waals surface area (Å²) in [6, 6.07) is 0. The lowest BCUT2D eigenvalue weighted by Crippen LogP contribution is -2.17. The van der Waals surface area contributed by atoms with Crippen molar-refractivity contribution in [3.8, 4) is 0 Å². The van der Waals surface area contributed by atoms with Crippen LogP contribution < -0.4 is 0 Å². The van der Waals surface area contributed by atoms with E-state index in [1.54, 1.807) is 4.68 Å². The number of aliphatic carboxylic acids is 1. The molecule has 1 N–H and O–H groups in total. The average molecular weight is 210 g/mol. The quantitative estimate of drug-likeness (QED) is 0.807.